The minimum Gasteiger partial charge on any atom is -0.506 e. The number of benzene rings is 4. The second-order valence-electron chi connectivity index (χ2n) is 15.0. The standard InChI is InChI=1S/C44H45N3O7/c48-37(35-17-19-38(49)41-36(35)18-20-40(50)45-41)8-4-5-29-9-11-30(12-10-29)26-53-34-15-13-32(14-16-34)42(51)47-27-44(28-47,33-6-2-1-3-7-33)43(52)54-39-25-46-23-21-31(39)22-24-46/h1-3,6-7,9-20,31,37,39,48-49H,4-5,8,21-28H2,(H,45,50)/t37-,39-/m0/s1. The van der Waals surface area contributed by atoms with Crippen molar-refractivity contribution in [2.75, 3.05) is 32.7 Å². The second kappa shape index (κ2) is 15.1. The van der Waals surface area contributed by atoms with Crippen LogP contribution in [0.4, 0.5) is 0 Å². The summed E-state index contributed by atoms with van der Waals surface area (Å²) in [6, 6.07) is 31.2. The van der Waals surface area contributed by atoms with Crippen molar-refractivity contribution in [3.8, 4) is 11.5 Å². The van der Waals surface area contributed by atoms with E-state index in [9.17, 15) is 24.6 Å². The second-order valence-corrected chi connectivity index (χ2v) is 15.0. The Morgan fingerprint density at radius 1 is 0.870 bits per heavy atom. The van der Waals surface area contributed by atoms with Gasteiger partial charge in [0, 0.05) is 36.7 Å². The summed E-state index contributed by atoms with van der Waals surface area (Å²) in [5.74, 6) is 0.687. The van der Waals surface area contributed by atoms with E-state index in [0.717, 1.165) is 62.0 Å². The topological polar surface area (TPSA) is 132 Å². The van der Waals surface area contributed by atoms with E-state index in [4.69, 9.17) is 9.47 Å². The van der Waals surface area contributed by atoms with Gasteiger partial charge in [-0.3, -0.25) is 19.3 Å². The number of aromatic amines is 1. The Morgan fingerprint density at radius 2 is 1.59 bits per heavy atom. The molecular formula is C44H45N3O7. The molecule has 5 heterocycles. The van der Waals surface area contributed by atoms with Crippen LogP contribution in [0, 0.1) is 5.92 Å². The monoisotopic (exact) mass is 727 g/mol. The van der Waals surface area contributed by atoms with E-state index in [0.29, 0.717) is 46.7 Å². The highest BCUT2D eigenvalue weighted by Gasteiger charge is 2.54. The maximum absolute atomic E-state index is 13.8. The number of aromatic hydroxyl groups is 1. The summed E-state index contributed by atoms with van der Waals surface area (Å²) < 4.78 is 12.2. The van der Waals surface area contributed by atoms with Gasteiger partial charge in [0.25, 0.3) is 5.91 Å². The fourth-order valence-corrected chi connectivity index (χ4v) is 8.28. The van der Waals surface area contributed by atoms with E-state index in [1.807, 2.05) is 42.5 Å². The van der Waals surface area contributed by atoms with Gasteiger partial charge >= 0.3 is 5.97 Å². The molecule has 0 aliphatic carbocycles. The van der Waals surface area contributed by atoms with Gasteiger partial charge in [-0.05, 0) is 110 Å². The van der Waals surface area contributed by atoms with Crippen LogP contribution in [-0.2, 0) is 28.0 Å². The SMILES string of the molecule is O=C(c1ccc(OCc2ccc(CCC[C@H](O)c3ccc(O)c4[nH]c(=O)ccc34)cc2)cc1)N1CC(C(=O)O[C@H]2CN3CCC2CC3)(c2ccccc2)C1. The number of hydrogen-bond acceptors (Lipinski definition) is 8. The van der Waals surface area contributed by atoms with Crippen LogP contribution in [0.1, 0.15) is 64.4 Å². The van der Waals surface area contributed by atoms with Crippen molar-refractivity contribution in [2.24, 2.45) is 5.92 Å². The smallest absolute Gasteiger partial charge is 0.320 e. The number of rotatable bonds is 12. The third-order valence-corrected chi connectivity index (χ3v) is 11.5. The van der Waals surface area contributed by atoms with Gasteiger partial charge in [-0.15, -0.1) is 0 Å². The molecular weight excluding hydrogens is 682 g/mol. The molecule has 1 amide bonds. The number of piperidine rings is 3. The van der Waals surface area contributed by atoms with Crippen molar-refractivity contribution in [2.45, 2.75) is 56.3 Å². The zero-order chi connectivity index (χ0) is 37.2. The number of aromatic nitrogens is 1. The molecule has 54 heavy (non-hydrogen) atoms. The van der Waals surface area contributed by atoms with E-state index in [1.54, 1.807) is 41.3 Å². The molecule has 0 saturated carbocycles. The van der Waals surface area contributed by atoms with Crippen molar-refractivity contribution < 1.29 is 29.3 Å². The molecule has 4 aliphatic rings. The first kappa shape index (κ1) is 35.6. The van der Waals surface area contributed by atoms with Gasteiger partial charge in [0.2, 0.25) is 5.56 Å². The summed E-state index contributed by atoms with van der Waals surface area (Å²) in [6.07, 6.45) is 3.38. The van der Waals surface area contributed by atoms with Crippen molar-refractivity contribution in [3.05, 3.63) is 141 Å². The Balaban J connectivity index is 0.820. The number of aryl methyl sites for hydroxylation is 1. The lowest BCUT2D eigenvalue weighted by Crippen LogP contribution is -2.66. The average Bonchev–Trinajstić information content (AvgIpc) is 3.18. The van der Waals surface area contributed by atoms with E-state index in [2.05, 4.69) is 22.0 Å². The Hall–Kier alpha value is -5.45. The zero-order valence-electron chi connectivity index (χ0n) is 30.2. The van der Waals surface area contributed by atoms with Crippen LogP contribution in [0.25, 0.3) is 10.9 Å². The number of carbonyl (C=O) groups excluding carboxylic acids is 2. The Kier molecular flexibility index (Phi) is 9.96. The Labute approximate surface area is 314 Å². The maximum Gasteiger partial charge on any atom is 0.320 e. The van der Waals surface area contributed by atoms with Gasteiger partial charge < -0.3 is 29.6 Å². The number of likely N-dealkylation sites (tertiary alicyclic amines) is 1. The summed E-state index contributed by atoms with van der Waals surface area (Å²) in [7, 11) is 0. The average molecular weight is 728 g/mol. The third-order valence-electron chi connectivity index (χ3n) is 11.5. The Morgan fingerprint density at radius 3 is 2.30 bits per heavy atom. The van der Waals surface area contributed by atoms with E-state index in [1.165, 1.54) is 12.1 Å². The molecule has 0 unspecified atom stereocenters. The predicted octanol–water partition coefficient (Wildman–Crippen LogP) is 5.90. The van der Waals surface area contributed by atoms with Crippen LogP contribution in [0.3, 0.4) is 0 Å². The van der Waals surface area contributed by atoms with Gasteiger partial charge in [0.1, 0.15) is 29.6 Å². The molecule has 9 rings (SSSR count). The number of phenolic OH excluding ortho intramolecular Hbond substituents is 1. The molecule has 278 valence electrons. The van der Waals surface area contributed by atoms with Crippen LogP contribution in [0.5, 0.6) is 11.5 Å². The van der Waals surface area contributed by atoms with Crippen LogP contribution in [-0.4, -0.2) is 75.7 Å². The van der Waals surface area contributed by atoms with Crippen LogP contribution in [0.2, 0.25) is 0 Å². The van der Waals surface area contributed by atoms with E-state index < -0.39 is 11.5 Å². The minimum absolute atomic E-state index is 0.0250. The van der Waals surface area contributed by atoms with Gasteiger partial charge in [-0.25, -0.2) is 0 Å². The number of aliphatic hydroxyl groups is 1. The predicted molar refractivity (Wildman–Crippen MR) is 204 cm³/mol. The molecule has 0 radical (unpaired) electrons. The molecule has 2 bridgehead atoms. The molecule has 3 N–H and O–H groups in total. The first-order chi connectivity index (χ1) is 26.3. The molecule has 5 aromatic rings. The van der Waals surface area contributed by atoms with Crippen LogP contribution >= 0.6 is 0 Å². The summed E-state index contributed by atoms with van der Waals surface area (Å²) >= 11 is 0. The number of amides is 1. The summed E-state index contributed by atoms with van der Waals surface area (Å²) in [5.41, 5.74) is 3.40. The molecule has 10 heteroatoms. The van der Waals surface area contributed by atoms with Crippen molar-refractivity contribution >= 4 is 22.8 Å². The fourth-order valence-electron chi connectivity index (χ4n) is 8.28. The number of nitrogens with one attached hydrogen (secondary N) is 1. The highest BCUT2D eigenvalue weighted by atomic mass is 16.5. The van der Waals surface area contributed by atoms with Crippen molar-refractivity contribution in [1.29, 1.82) is 0 Å². The lowest BCUT2D eigenvalue weighted by Gasteiger charge is -2.50. The number of hydrogen-bond donors (Lipinski definition) is 3. The fraction of sp³-hybridized carbons (Fsp3) is 0.341. The molecule has 0 spiro atoms. The van der Waals surface area contributed by atoms with Crippen molar-refractivity contribution in [3.63, 3.8) is 0 Å². The van der Waals surface area contributed by atoms with Crippen LogP contribution < -0.4 is 10.3 Å². The van der Waals surface area contributed by atoms with Gasteiger partial charge in [-0.1, -0.05) is 60.7 Å². The minimum atomic E-state index is -0.866. The number of esters is 1. The summed E-state index contributed by atoms with van der Waals surface area (Å²) in [5, 5.41) is 21.7. The first-order valence-electron chi connectivity index (χ1n) is 18.9. The highest BCUT2D eigenvalue weighted by Crippen LogP contribution is 2.39. The molecule has 4 saturated heterocycles. The molecule has 1 aromatic heterocycles. The molecule has 2 atom stereocenters. The molecule has 10 nitrogen and oxygen atoms in total. The third kappa shape index (κ3) is 7.23. The summed E-state index contributed by atoms with van der Waals surface area (Å²) in [6.45, 7) is 3.88. The molecule has 4 fully saturated rings. The number of ether oxygens (including phenoxy) is 2. The number of H-pyrrole nitrogens is 1. The maximum atomic E-state index is 13.8. The highest BCUT2D eigenvalue weighted by molar-refractivity contribution is 5.98. The van der Waals surface area contributed by atoms with Crippen molar-refractivity contribution in [1.82, 2.24) is 14.8 Å². The van der Waals surface area contributed by atoms with Gasteiger partial charge in [-0.2, -0.15) is 0 Å². The van der Waals surface area contributed by atoms with Gasteiger partial charge in [0.15, 0.2) is 0 Å². The normalized spacial score (nSPS) is 20.6. The van der Waals surface area contributed by atoms with Gasteiger partial charge in [0.05, 0.1) is 11.6 Å². The Bertz CT molecular complexity index is 2170. The largest absolute Gasteiger partial charge is 0.506 e. The first-order valence-corrected chi connectivity index (χ1v) is 18.9. The lowest BCUT2D eigenvalue weighted by atomic mass is 9.73. The quantitative estimate of drug-likeness (QED) is 0.136. The number of fused-ring (bicyclic) bond motifs is 4. The zero-order valence-corrected chi connectivity index (χ0v) is 30.2. The van der Waals surface area contributed by atoms with Crippen LogP contribution in [0.15, 0.2) is 108 Å². The number of aliphatic hydroxyl groups excluding tert-OH is 1. The number of carbonyl (C=O) groups is 2. The molecule has 4 aromatic carbocycles. The lowest BCUT2D eigenvalue weighted by molar-refractivity contribution is -0.171. The number of pyridine rings is 1. The van der Waals surface area contributed by atoms with E-state index >= 15 is 0 Å². The number of phenols is 1. The van der Waals surface area contributed by atoms with E-state index in [-0.39, 0.29) is 42.4 Å². The number of nitrogens with zero attached hydrogens (tertiary/aromatic N) is 2. The summed E-state index contributed by atoms with van der Waals surface area (Å²) in [4.78, 5) is 45.8. The molecule has 4 aliphatic heterocycles.